The molecule has 2 aromatic heterocycles. The first kappa shape index (κ1) is 68.5. The van der Waals surface area contributed by atoms with E-state index in [0.717, 1.165) is 80.1 Å². The molecular formula is C58H70Cl4N3O9P. The number of H-pyrrole nitrogens is 1. The van der Waals surface area contributed by atoms with E-state index < -0.39 is 11.2 Å². The van der Waals surface area contributed by atoms with Gasteiger partial charge in [-0.2, -0.15) is 0 Å². The number of carboxylic acid groups (broad SMARTS) is 1. The van der Waals surface area contributed by atoms with Gasteiger partial charge in [0.1, 0.15) is 28.2 Å². The molecule has 8 aromatic rings. The molecular weight excluding hydrogens is 1060 g/mol. The van der Waals surface area contributed by atoms with Crippen LogP contribution in [0.2, 0.25) is 5.15 Å². The van der Waals surface area contributed by atoms with Crippen molar-refractivity contribution in [2.45, 2.75) is 57.4 Å². The van der Waals surface area contributed by atoms with Crippen molar-refractivity contribution in [1.29, 1.82) is 0 Å². The third kappa shape index (κ3) is 21.0. The molecule has 12 nitrogen and oxygen atoms in total. The largest absolute Gasteiger partial charge is 0.497 e. The number of aromatic nitrogens is 2. The molecule has 0 bridgehead atoms. The molecule has 17 heteroatoms. The number of aromatic amines is 1. The summed E-state index contributed by atoms with van der Waals surface area (Å²) >= 11 is 20.1. The molecule has 2 heterocycles. The number of pyridine rings is 2. The quantitative estimate of drug-likeness (QED) is 0.0998. The van der Waals surface area contributed by atoms with E-state index in [0.29, 0.717) is 27.4 Å². The van der Waals surface area contributed by atoms with Crippen LogP contribution < -0.4 is 24.5 Å². The number of fused-ring (bicyclic) bond motifs is 2. The molecule has 0 saturated heterocycles. The van der Waals surface area contributed by atoms with E-state index in [1.54, 1.807) is 59.6 Å². The van der Waals surface area contributed by atoms with Crippen LogP contribution in [0.4, 0.5) is 0 Å². The van der Waals surface area contributed by atoms with Gasteiger partial charge < -0.3 is 33.9 Å². The van der Waals surface area contributed by atoms with Gasteiger partial charge in [0, 0.05) is 40.7 Å². The van der Waals surface area contributed by atoms with Crippen molar-refractivity contribution in [2.75, 3.05) is 41.5 Å². The highest BCUT2D eigenvalue weighted by Gasteiger charge is 2.15. The maximum Gasteiger partial charge on any atom is 0.339 e. The second-order valence-electron chi connectivity index (χ2n) is 15.1. The Balaban J connectivity index is 0.000000939. The minimum absolute atomic E-state index is 0. The molecule has 6 aromatic carbocycles. The van der Waals surface area contributed by atoms with Gasteiger partial charge in [0.25, 0.3) is 11.5 Å². The number of amides is 1. The maximum absolute atomic E-state index is 12.1. The van der Waals surface area contributed by atoms with E-state index in [-0.39, 0.29) is 41.2 Å². The second-order valence-corrected chi connectivity index (χ2v) is 22.1. The number of aryl methyl sites for hydroxylation is 2. The number of nitrogens with zero attached hydrogens (tertiary/aromatic N) is 2. The van der Waals surface area contributed by atoms with E-state index >= 15 is 0 Å². The summed E-state index contributed by atoms with van der Waals surface area (Å²) in [5.74, 6) is 2.21. The second kappa shape index (κ2) is 33.4. The van der Waals surface area contributed by atoms with Crippen LogP contribution in [0.5, 0.6) is 23.0 Å². The van der Waals surface area contributed by atoms with Gasteiger partial charge in [0.05, 0.1) is 39.7 Å². The first-order valence-corrected chi connectivity index (χ1v) is 26.6. The zero-order chi connectivity index (χ0) is 52.3. The number of carbonyl (C=O) groups is 2. The van der Waals surface area contributed by atoms with E-state index in [1.165, 1.54) is 6.07 Å². The van der Waals surface area contributed by atoms with Crippen molar-refractivity contribution >= 4 is 83.9 Å². The Morgan fingerprint density at radius 1 is 0.587 bits per heavy atom. The number of nitrogens with one attached hydrogen (secondary N) is 1. The van der Waals surface area contributed by atoms with Crippen molar-refractivity contribution in [1.82, 2.24) is 14.9 Å². The molecule has 0 spiro atoms. The maximum atomic E-state index is 12.1. The van der Waals surface area contributed by atoms with Crippen LogP contribution in [0.15, 0.2) is 150 Å². The number of benzene rings is 6. The number of hydrogen-bond acceptors (Lipinski definition) is 9. The first-order valence-electron chi connectivity index (χ1n) is 21.8. The van der Waals surface area contributed by atoms with Gasteiger partial charge in [-0.25, -0.2) is 9.78 Å². The van der Waals surface area contributed by atoms with Gasteiger partial charge in [0.15, 0.2) is 0 Å². The fourth-order valence-electron chi connectivity index (χ4n) is 6.91. The van der Waals surface area contributed by atoms with Gasteiger partial charge in [0.2, 0.25) is 0 Å². The van der Waals surface area contributed by atoms with Crippen LogP contribution in [0, 0.1) is 13.8 Å². The summed E-state index contributed by atoms with van der Waals surface area (Å²) < 4.78 is 30.0. The molecule has 1 amide bonds. The fraction of sp³-hybridized carbons (Fsp3) is 0.241. The number of ether oxygens (including phenoxy) is 4. The lowest BCUT2D eigenvalue weighted by Gasteiger charge is -2.19. The molecule has 0 atom stereocenters. The molecule has 0 unspecified atom stereocenters. The smallest absolute Gasteiger partial charge is 0.339 e. The van der Waals surface area contributed by atoms with E-state index in [1.807, 2.05) is 141 Å². The highest BCUT2D eigenvalue weighted by Crippen LogP contribution is 2.61. The summed E-state index contributed by atoms with van der Waals surface area (Å²) in [6.07, 6.45) is 0. The summed E-state index contributed by atoms with van der Waals surface area (Å²) in [6, 6.07) is 45.4. The minimum Gasteiger partial charge on any atom is -0.497 e. The molecule has 0 aliphatic rings. The molecule has 0 aliphatic heterocycles. The Morgan fingerprint density at radius 2 is 0.987 bits per heavy atom. The van der Waals surface area contributed by atoms with Crippen LogP contribution in [0.3, 0.4) is 0 Å². The van der Waals surface area contributed by atoms with Gasteiger partial charge in [-0.1, -0.05) is 102 Å². The minimum atomic E-state index is -3.22. The van der Waals surface area contributed by atoms with Crippen molar-refractivity contribution in [2.24, 2.45) is 0 Å². The summed E-state index contributed by atoms with van der Waals surface area (Å²) in [5.41, 5.74) is 6.37. The van der Waals surface area contributed by atoms with Crippen molar-refractivity contribution in [3.8, 4) is 45.5 Å². The van der Waals surface area contributed by atoms with Gasteiger partial charge in [-0.05, 0) is 174 Å². The topological polar surface area (TPSA) is 157 Å². The van der Waals surface area contributed by atoms with Gasteiger partial charge in [-0.3, -0.25) is 14.2 Å². The lowest BCUT2D eigenvalue weighted by molar-refractivity contribution is 0.0695. The summed E-state index contributed by atoms with van der Waals surface area (Å²) in [5, 5.41) is 9.48. The van der Waals surface area contributed by atoms with Crippen molar-refractivity contribution in [3.05, 3.63) is 183 Å². The summed E-state index contributed by atoms with van der Waals surface area (Å²) in [7, 11) is 6.45. The highest BCUT2D eigenvalue weighted by atomic mass is 36.0. The molecule has 0 saturated carbocycles. The number of halogens is 4. The van der Waals surface area contributed by atoms with Crippen LogP contribution in [0.1, 0.15) is 75.4 Å². The highest BCUT2D eigenvalue weighted by molar-refractivity contribution is 8.24. The Kier molecular flexibility index (Phi) is 30.5. The number of carbonyl (C=O) groups excluding carboxylic acids is 1. The number of rotatable bonds is 10. The molecule has 0 aliphatic carbocycles. The molecule has 2 N–H and O–H groups in total. The molecule has 8 rings (SSSR count). The molecule has 0 radical (unpaired) electrons. The SMILES string of the molecule is C.C.C.C.CCN(CC)C(=O)c1ccc(OC)cc1C.COc1ccc(C(=O)O)c(C)c1.COc1ccc2c(=O)[nH]c(-c3ccccc3)cc2c1.COc1ccc2c(Cl)nc(-c3ccccc3)cc2c1.O=P(Cl)(Cl)Cl. The Labute approximate surface area is 462 Å². The molecule has 75 heavy (non-hydrogen) atoms. The predicted molar refractivity (Wildman–Crippen MR) is 317 cm³/mol. The van der Waals surface area contributed by atoms with E-state index in [9.17, 15) is 18.9 Å². The predicted octanol–water partition coefficient (Wildman–Crippen LogP) is 17.3. The third-order valence-corrected chi connectivity index (χ3v) is 10.9. The Hall–Kier alpha value is -6.53. The Morgan fingerprint density at radius 3 is 1.41 bits per heavy atom. The standard InChI is InChI=1S/C16H12ClNO.C16H13NO2.C13H19NO2.C9H10O3.4CH4.Cl3OP/c1-19-13-7-8-14-12(9-13)10-15(18-16(14)17)11-5-3-2-4-6-11;1-19-13-7-8-14-12(9-13)10-15(17-16(14)18)11-5-3-2-4-6-11;1-5-14(6-2)13(15)12-8-7-11(16-4)9-10(12)3;1-6-5-7(12-2)3-4-8(6)9(10)11;;;;;1-5(2,3)4/h2-10H,1H3;2-10H,1H3,(H,17,18);7-9H,5-6H2,1-4H3;3-5H,1-2H3,(H,10,11);4*1H4;. The normalized spacial score (nSPS) is 9.81. The molecule has 0 fully saturated rings. The molecule has 404 valence electrons. The van der Waals surface area contributed by atoms with E-state index in [2.05, 4.69) is 43.7 Å². The van der Waals surface area contributed by atoms with Crippen LogP contribution in [-0.2, 0) is 4.57 Å². The van der Waals surface area contributed by atoms with Crippen LogP contribution in [0.25, 0.3) is 44.1 Å². The number of methoxy groups -OCH3 is 4. The third-order valence-electron chi connectivity index (χ3n) is 10.6. The number of aromatic carboxylic acids is 1. The van der Waals surface area contributed by atoms with Gasteiger partial charge in [-0.15, -0.1) is 0 Å². The van der Waals surface area contributed by atoms with Crippen molar-refractivity contribution < 1.29 is 38.2 Å². The number of carboxylic acids is 1. The van der Waals surface area contributed by atoms with Crippen molar-refractivity contribution in [3.63, 3.8) is 0 Å². The summed E-state index contributed by atoms with van der Waals surface area (Å²) in [6.45, 7) is 9.12. The lowest BCUT2D eigenvalue weighted by Crippen LogP contribution is -2.30. The monoisotopic (exact) mass is 1120 g/mol. The summed E-state index contributed by atoms with van der Waals surface area (Å²) in [4.78, 5) is 43.9. The zero-order valence-corrected chi connectivity index (χ0v) is 44.3. The first-order chi connectivity index (χ1) is 33.8. The number of hydrogen-bond donors (Lipinski definition) is 2. The van der Waals surface area contributed by atoms with E-state index in [4.69, 9.17) is 35.7 Å². The van der Waals surface area contributed by atoms with Crippen LogP contribution in [-0.4, -0.2) is 73.4 Å². The average molecular weight is 1130 g/mol. The van der Waals surface area contributed by atoms with Gasteiger partial charge >= 0.3 is 11.2 Å². The zero-order valence-electron chi connectivity index (χ0n) is 40.3. The average Bonchev–Trinajstić information content (AvgIpc) is 3.36. The fourth-order valence-corrected chi connectivity index (χ4v) is 7.18. The van der Waals surface area contributed by atoms with Crippen LogP contribution >= 0.6 is 50.5 Å². The lowest BCUT2D eigenvalue weighted by atomic mass is 10.1. The Bertz CT molecular complexity index is 3140.